The van der Waals surface area contributed by atoms with Crippen LogP contribution >= 0.6 is 0 Å². The van der Waals surface area contributed by atoms with Crippen LogP contribution in [0.25, 0.3) is 11.4 Å². The molecule has 3 rings (SSSR count). The number of ketones is 1. The molecule has 1 saturated carbocycles. The molecular weight excluding hydrogens is 404 g/mol. The molecule has 0 aliphatic heterocycles. The van der Waals surface area contributed by atoms with E-state index in [2.05, 4.69) is 16.9 Å². The van der Waals surface area contributed by atoms with E-state index in [1.165, 1.54) is 0 Å². The van der Waals surface area contributed by atoms with E-state index >= 15 is 0 Å². The van der Waals surface area contributed by atoms with Gasteiger partial charge in [-0.25, -0.2) is 9.97 Å². The number of unbranched alkanes of at least 4 members (excludes halogenated alkanes) is 1. The summed E-state index contributed by atoms with van der Waals surface area (Å²) in [5, 5.41) is 0. The van der Waals surface area contributed by atoms with Crippen molar-refractivity contribution in [1.82, 2.24) is 9.97 Å². The summed E-state index contributed by atoms with van der Waals surface area (Å²) in [6.07, 6.45) is 11.4. The highest BCUT2D eigenvalue weighted by atomic mass is 16.5. The molecule has 0 radical (unpaired) electrons. The number of carbonyl (C=O) groups excluding carboxylic acids is 2. The van der Waals surface area contributed by atoms with Crippen LogP contribution in [0.15, 0.2) is 36.7 Å². The fourth-order valence-electron chi connectivity index (χ4n) is 4.02. The highest BCUT2D eigenvalue weighted by molar-refractivity contribution is 5.81. The van der Waals surface area contributed by atoms with Crippen LogP contribution in [0.5, 0.6) is 11.5 Å². The van der Waals surface area contributed by atoms with Gasteiger partial charge in [0.15, 0.2) is 11.6 Å². The molecule has 0 amide bonds. The maximum atomic E-state index is 12.2. The highest BCUT2D eigenvalue weighted by Crippen LogP contribution is 2.31. The van der Waals surface area contributed by atoms with Gasteiger partial charge in [0.25, 0.3) is 0 Å². The van der Waals surface area contributed by atoms with Crippen molar-refractivity contribution >= 4 is 11.8 Å². The van der Waals surface area contributed by atoms with E-state index in [0.717, 1.165) is 56.9 Å². The zero-order valence-corrected chi connectivity index (χ0v) is 19.2. The first-order valence-corrected chi connectivity index (χ1v) is 11.9. The molecule has 1 heterocycles. The summed E-state index contributed by atoms with van der Waals surface area (Å²) in [6.45, 7) is 4.70. The van der Waals surface area contributed by atoms with Crippen LogP contribution in [0.4, 0.5) is 0 Å². The maximum Gasteiger partial charge on any atom is 0.311 e. The molecular formula is C26H34N2O4. The van der Waals surface area contributed by atoms with E-state index in [1.54, 1.807) is 24.5 Å². The number of Topliss-reactive ketones (excluding diaryl/α,β-unsaturated/α-hetero) is 1. The molecule has 0 saturated heterocycles. The largest absolute Gasteiger partial charge is 0.490 e. The van der Waals surface area contributed by atoms with Gasteiger partial charge in [-0.2, -0.15) is 0 Å². The Morgan fingerprint density at radius 2 is 1.59 bits per heavy atom. The van der Waals surface area contributed by atoms with Gasteiger partial charge in [0.2, 0.25) is 0 Å². The normalized spacial score (nSPS) is 18.2. The minimum atomic E-state index is -0.227. The lowest BCUT2D eigenvalue weighted by Gasteiger charge is -2.27. The van der Waals surface area contributed by atoms with Crippen LogP contribution in [0.2, 0.25) is 0 Å². The molecule has 0 spiro atoms. The van der Waals surface area contributed by atoms with Gasteiger partial charge >= 0.3 is 5.97 Å². The number of benzene rings is 1. The van der Waals surface area contributed by atoms with Crippen LogP contribution in [-0.2, 0) is 9.59 Å². The van der Waals surface area contributed by atoms with Crippen molar-refractivity contribution in [3.05, 3.63) is 36.7 Å². The summed E-state index contributed by atoms with van der Waals surface area (Å²) in [5.74, 6) is 2.72. The van der Waals surface area contributed by atoms with Crippen molar-refractivity contribution < 1.29 is 19.1 Å². The zero-order chi connectivity index (χ0) is 22.8. The minimum Gasteiger partial charge on any atom is -0.490 e. The second kappa shape index (κ2) is 12.3. The Hall–Kier alpha value is -2.76. The quantitative estimate of drug-likeness (QED) is 0.326. The summed E-state index contributed by atoms with van der Waals surface area (Å²) in [7, 11) is 0. The number of aromatic nitrogens is 2. The maximum absolute atomic E-state index is 12.2. The Kier molecular flexibility index (Phi) is 9.20. The Labute approximate surface area is 190 Å². The van der Waals surface area contributed by atoms with Crippen LogP contribution in [0.3, 0.4) is 0 Å². The molecule has 0 atom stereocenters. The molecule has 2 aromatic rings. The second-order valence-electron chi connectivity index (χ2n) is 8.59. The molecule has 6 nitrogen and oxygen atoms in total. The lowest BCUT2D eigenvalue weighted by molar-refractivity contribution is -0.134. The Bertz CT molecular complexity index is 856. The van der Waals surface area contributed by atoms with Gasteiger partial charge in [0, 0.05) is 24.3 Å². The summed E-state index contributed by atoms with van der Waals surface area (Å²) in [4.78, 5) is 32.6. The van der Waals surface area contributed by atoms with Gasteiger partial charge in [-0.05, 0) is 68.7 Å². The summed E-state index contributed by atoms with van der Waals surface area (Å²) >= 11 is 0. The number of nitrogens with zero attached hydrogens (tertiary/aromatic N) is 2. The van der Waals surface area contributed by atoms with Crippen molar-refractivity contribution in [1.29, 1.82) is 0 Å². The molecule has 0 N–H and O–H groups in total. The first-order chi connectivity index (χ1) is 15.6. The minimum absolute atomic E-state index is 0.227. The third-order valence-corrected chi connectivity index (χ3v) is 5.99. The monoisotopic (exact) mass is 438 g/mol. The number of hydrogen-bond acceptors (Lipinski definition) is 6. The fraction of sp³-hybridized carbons (Fsp3) is 0.538. The van der Waals surface area contributed by atoms with Gasteiger partial charge < -0.3 is 9.47 Å². The average molecular weight is 439 g/mol. The SMILES string of the molecule is CCCCC(=O)C1CCC(COc2cnc(-c3ccc(OC(=O)CCC)cc3)nc2)CC1. The predicted octanol–water partition coefficient (Wildman–Crippen LogP) is 5.79. The van der Waals surface area contributed by atoms with Gasteiger partial charge in [-0.1, -0.05) is 20.3 Å². The highest BCUT2D eigenvalue weighted by Gasteiger charge is 2.26. The smallest absolute Gasteiger partial charge is 0.311 e. The molecule has 0 bridgehead atoms. The standard InChI is InChI=1S/C26H34N2O4/c1-3-5-7-24(29)20-10-8-19(9-11-20)18-31-23-16-27-26(28-17-23)21-12-14-22(15-13-21)32-25(30)6-4-2/h12-17,19-20H,3-11,18H2,1-2H3. The van der Waals surface area contributed by atoms with E-state index in [9.17, 15) is 9.59 Å². The molecule has 32 heavy (non-hydrogen) atoms. The molecule has 1 aliphatic rings. The molecule has 6 heteroatoms. The van der Waals surface area contributed by atoms with E-state index in [4.69, 9.17) is 9.47 Å². The Morgan fingerprint density at radius 1 is 0.906 bits per heavy atom. The van der Waals surface area contributed by atoms with Gasteiger partial charge in [0.05, 0.1) is 19.0 Å². The number of esters is 1. The number of carbonyl (C=O) groups is 2. The van der Waals surface area contributed by atoms with Gasteiger partial charge in [-0.15, -0.1) is 0 Å². The van der Waals surface area contributed by atoms with E-state index in [-0.39, 0.29) is 11.9 Å². The topological polar surface area (TPSA) is 78.4 Å². The summed E-state index contributed by atoms with van der Waals surface area (Å²) in [6, 6.07) is 7.18. The molecule has 172 valence electrons. The first-order valence-electron chi connectivity index (χ1n) is 11.9. The van der Waals surface area contributed by atoms with Crippen molar-refractivity contribution in [2.45, 2.75) is 71.6 Å². The lowest BCUT2D eigenvalue weighted by atomic mass is 9.79. The Balaban J connectivity index is 1.44. The van der Waals surface area contributed by atoms with Crippen molar-refractivity contribution in [2.24, 2.45) is 11.8 Å². The van der Waals surface area contributed by atoms with Crippen molar-refractivity contribution in [3.63, 3.8) is 0 Å². The predicted molar refractivity (Wildman–Crippen MR) is 123 cm³/mol. The molecule has 1 aliphatic carbocycles. The van der Waals surface area contributed by atoms with Crippen molar-refractivity contribution in [3.8, 4) is 22.9 Å². The summed E-state index contributed by atoms with van der Waals surface area (Å²) in [5.41, 5.74) is 0.845. The molecule has 1 aromatic carbocycles. The summed E-state index contributed by atoms with van der Waals surface area (Å²) < 4.78 is 11.2. The fourth-order valence-corrected chi connectivity index (χ4v) is 4.02. The van der Waals surface area contributed by atoms with Crippen LogP contribution in [0.1, 0.15) is 71.6 Å². The van der Waals surface area contributed by atoms with Crippen molar-refractivity contribution in [2.75, 3.05) is 6.61 Å². The lowest BCUT2D eigenvalue weighted by Crippen LogP contribution is -2.24. The molecule has 1 aromatic heterocycles. The van der Waals surface area contributed by atoms with Gasteiger partial charge in [-0.3, -0.25) is 9.59 Å². The number of hydrogen-bond donors (Lipinski definition) is 0. The first kappa shape index (κ1) is 23.9. The number of ether oxygens (including phenoxy) is 2. The zero-order valence-electron chi connectivity index (χ0n) is 19.2. The Morgan fingerprint density at radius 3 is 2.22 bits per heavy atom. The second-order valence-corrected chi connectivity index (χ2v) is 8.59. The van der Waals surface area contributed by atoms with Crippen LogP contribution < -0.4 is 9.47 Å². The van der Waals surface area contributed by atoms with Crippen LogP contribution in [0, 0.1) is 11.8 Å². The van der Waals surface area contributed by atoms with Crippen LogP contribution in [-0.4, -0.2) is 28.3 Å². The molecule has 0 unspecified atom stereocenters. The third kappa shape index (κ3) is 7.14. The average Bonchev–Trinajstić information content (AvgIpc) is 2.82. The molecule has 1 fully saturated rings. The third-order valence-electron chi connectivity index (χ3n) is 5.99. The number of rotatable bonds is 11. The van der Waals surface area contributed by atoms with E-state index in [0.29, 0.717) is 42.1 Å². The van der Waals surface area contributed by atoms with Gasteiger partial charge in [0.1, 0.15) is 11.5 Å². The van der Waals surface area contributed by atoms with E-state index in [1.807, 2.05) is 19.1 Å². The van der Waals surface area contributed by atoms with E-state index < -0.39 is 0 Å².